The van der Waals surface area contributed by atoms with Crippen LogP contribution < -0.4 is 24.8 Å². The van der Waals surface area contributed by atoms with E-state index in [1.165, 1.54) is 83.1 Å². The fourth-order valence-electron chi connectivity index (χ4n) is 6.42. The van der Waals surface area contributed by atoms with Gasteiger partial charge in [-0.25, -0.2) is 12.2 Å². The van der Waals surface area contributed by atoms with E-state index in [1.807, 2.05) is 24.3 Å². The fraction of sp³-hybridized carbons (Fsp3) is 0.383. The monoisotopic (exact) mass is 936 g/mol. The van der Waals surface area contributed by atoms with Crippen molar-refractivity contribution in [1.82, 2.24) is 0 Å². The van der Waals surface area contributed by atoms with Crippen LogP contribution in [0.1, 0.15) is 134 Å². The summed E-state index contributed by atoms with van der Waals surface area (Å²) >= 11 is 8.43. The van der Waals surface area contributed by atoms with Crippen molar-refractivity contribution in [1.29, 1.82) is 0 Å². The van der Waals surface area contributed by atoms with Gasteiger partial charge in [0.2, 0.25) is 0 Å². The Kier molecular flexibility index (Phi) is 16.7. The quantitative estimate of drug-likeness (QED) is 0.158. The molecule has 5 heteroatoms. The first kappa shape index (κ1) is 46.8. The number of benzene rings is 4. The minimum absolute atomic E-state index is 0. The van der Waals surface area contributed by atoms with Crippen molar-refractivity contribution in [3.05, 3.63) is 151 Å². The van der Waals surface area contributed by atoms with Gasteiger partial charge in [-0.15, -0.1) is 23.1 Å². The number of allylic oxidation sites excluding steroid dienone is 4. The van der Waals surface area contributed by atoms with E-state index < -0.39 is 0 Å². The molecule has 0 aliphatic heterocycles. The zero-order chi connectivity index (χ0) is 37.2. The molecule has 0 bridgehead atoms. The molecule has 0 saturated heterocycles. The maximum atomic E-state index is 3.90. The molecular formula is C47H54Br2Cl2Zr-2. The van der Waals surface area contributed by atoms with Crippen molar-refractivity contribution >= 4 is 35.1 Å². The molecule has 2 aliphatic rings. The van der Waals surface area contributed by atoms with Crippen molar-refractivity contribution in [2.75, 3.05) is 0 Å². The molecule has 0 N–H and O–H groups in total. The maximum Gasteiger partial charge on any atom is -0.0129 e. The van der Waals surface area contributed by atoms with Crippen molar-refractivity contribution < 1.29 is 49.0 Å². The minimum Gasteiger partial charge on any atom is -1.00 e. The molecule has 0 unspecified atom stereocenters. The summed E-state index contributed by atoms with van der Waals surface area (Å²) in [5.74, 6) is 0. The van der Waals surface area contributed by atoms with Crippen LogP contribution in [0.15, 0.2) is 93.9 Å². The average Bonchev–Trinajstić information content (AvgIpc) is 3.70. The molecule has 0 aromatic heterocycles. The van der Waals surface area contributed by atoms with Gasteiger partial charge in [0.1, 0.15) is 0 Å². The van der Waals surface area contributed by atoms with Gasteiger partial charge in [0.25, 0.3) is 0 Å². The number of rotatable bonds is 2. The summed E-state index contributed by atoms with van der Waals surface area (Å²) in [5, 5.41) is 0. The summed E-state index contributed by atoms with van der Waals surface area (Å²) in [4.78, 5) is 0. The van der Waals surface area contributed by atoms with Crippen molar-refractivity contribution in [2.24, 2.45) is 0 Å². The summed E-state index contributed by atoms with van der Waals surface area (Å²) in [6.07, 6.45) is 11.0. The Balaban J connectivity index is 0.000000340. The molecule has 0 atom stereocenters. The van der Waals surface area contributed by atoms with Crippen LogP contribution in [-0.4, -0.2) is 3.21 Å². The third kappa shape index (κ3) is 12.1. The van der Waals surface area contributed by atoms with Crippen molar-refractivity contribution in [3.63, 3.8) is 0 Å². The number of hydrogen-bond acceptors (Lipinski definition) is 0. The topological polar surface area (TPSA) is 0 Å². The maximum absolute atomic E-state index is 3.90. The molecular weight excluding hydrogens is 886 g/mol. The van der Waals surface area contributed by atoms with E-state index in [1.54, 1.807) is 0 Å². The molecule has 2 aliphatic carbocycles. The Morgan fingerprint density at radius 2 is 1.10 bits per heavy atom. The van der Waals surface area contributed by atoms with Crippen molar-refractivity contribution in [3.8, 4) is 11.1 Å². The number of halogens is 4. The second kappa shape index (κ2) is 18.5. The average molecular weight is 941 g/mol. The predicted molar refractivity (Wildman–Crippen MR) is 221 cm³/mol. The Morgan fingerprint density at radius 1 is 0.615 bits per heavy atom. The molecule has 4 aromatic rings. The second-order valence-electron chi connectivity index (χ2n) is 17.6. The third-order valence-electron chi connectivity index (χ3n) is 9.05. The summed E-state index contributed by atoms with van der Waals surface area (Å²) in [6.45, 7) is 28.0. The predicted octanol–water partition coefficient (Wildman–Crippen LogP) is 7.89. The number of fused-ring (bicyclic) bond motifs is 3. The third-order valence-corrected chi connectivity index (χ3v) is 11.5. The van der Waals surface area contributed by atoms with E-state index in [0.29, 0.717) is 0 Å². The molecule has 0 heterocycles. The molecule has 6 rings (SSSR count). The molecule has 4 aromatic carbocycles. The fourth-order valence-corrected chi connectivity index (χ4v) is 7.98. The normalized spacial score (nSPS) is 13.1. The molecule has 0 fully saturated rings. The Labute approximate surface area is 360 Å². The first-order valence-electron chi connectivity index (χ1n) is 17.7. The van der Waals surface area contributed by atoms with E-state index in [4.69, 9.17) is 0 Å². The molecule has 276 valence electrons. The zero-order valence-corrected chi connectivity index (χ0v) is 40.2. The standard InChI is InChI=1S/C29H41.C13H8Br2.C5H5.2ClH.Zr/c1-26(2,3)22-14-18-13-19-15-23(27(4,5)6)25(29(10,11)12)17-21(19)20(18)16-24(22)28(7,8)9;14-12-5-1-3-10(8-12)7-11-4-2-6-13(15)9-11;1-2-4-5-3-1;;;/h14,16-17H,13H2,1-12H3;1-6,8-9H;1-3H,4H2;2*1H;/q-1;;-1;;;+2/p-2. The van der Waals surface area contributed by atoms with Gasteiger partial charge in [0.05, 0.1) is 0 Å². The van der Waals surface area contributed by atoms with Crippen LogP contribution in [0.4, 0.5) is 0 Å². The summed E-state index contributed by atoms with van der Waals surface area (Å²) in [5.41, 5.74) is 14.5. The van der Waals surface area contributed by atoms with Crippen LogP contribution in [-0.2, 0) is 52.3 Å². The Hall–Kier alpha value is -1.35. The zero-order valence-electron chi connectivity index (χ0n) is 33.0. The van der Waals surface area contributed by atoms with Gasteiger partial charge in [-0.2, -0.15) is 23.8 Å². The molecule has 52 heavy (non-hydrogen) atoms. The van der Waals surface area contributed by atoms with Gasteiger partial charge < -0.3 is 24.8 Å². The Bertz CT molecular complexity index is 1790. The van der Waals surface area contributed by atoms with Gasteiger partial charge in [-0.05, 0) is 39.4 Å². The van der Waals surface area contributed by atoms with E-state index in [-0.39, 0.29) is 46.5 Å². The van der Waals surface area contributed by atoms with E-state index in [0.717, 1.165) is 21.8 Å². The van der Waals surface area contributed by atoms with Gasteiger partial charge in [-0.1, -0.05) is 106 Å². The number of hydrogen-bond donors (Lipinski definition) is 0. The Morgan fingerprint density at radius 3 is 1.48 bits per heavy atom. The van der Waals surface area contributed by atoms with E-state index >= 15 is 0 Å². The van der Waals surface area contributed by atoms with E-state index in [2.05, 4.69) is 188 Å². The second-order valence-corrected chi connectivity index (χ2v) is 20.6. The van der Waals surface area contributed by atoms with Gasteiger partial charge in [-0.3, -0.25) is 6.08 Å². The molecule has 0 spiro atoms. The minimum atomic E-state index is 0. The molecule has 0 radical (unpaired) electrons. The van der Waals surface area contributed by atoms with Crippen LogP contribution in [0.3, 0.4) is 0 Å². The molecule has 0 saturated carbocycles. The van der Waals surface area contributed by atoms with Gasteiger partial charge >= 0.3 is 128 Å². The first-order valence-corrected chi connectivity index (χ1v) is 20.5. The van der Waals surface area contributed by atoms with E-state index in [9.17, 15) is 0 Å². The van der Waals surface area contributed by atoms with Crippen LogP contribution in [0.2, 0.25) is 0 Å². The molecule has 0 nitrogen and oxygen atoms in total. The van der Waals surface area contributed by atoms with Gasteiger partial charge in [0.15, 0.2) is 0 Å². The van der Waals surface area contributed by atoms with Crippen LogP contribution in [0.25, 0.3) is 11.1 Å². The first-order chi connectivity index (χ1) is 23.1. The van der Waals surface area contributed by atoms with Crippen molar-refractivity contribution in [2.45, 2.75) is 118 Å². The summed E-state index contributed by atoms with van der Waals surface area (Å²) in [6, 6.07) is 28.2. The SMILES string of the molecule is Brc1cccc([C](=[Zr+2])c2cccc(Br)c2)c1.CC(C)(C)c1[c-]c2c(cc1C(C)(C)C)-c1cc(C(C)(C)C)c(C(C)(C)C)cc1C2.[C-]1=CC=CC1.[Cl-].[Cl-]. The summed E-state index contributed by atoms with van der Waals surface area (Å²) < 4.78 is 3.62. The largest absolute Gasteiger partial charge is 1.00 e. The van der Waals surface area contributed by atoms with Crippen LogP contribution in [0, 0.1) is 12.1 Å². The van der Waals surface area contributed by atoms with Gasteiger partial charge in [0, 0.05) is 0 Å². The van der Waals surface area contributed by atoms with Crippen LogP contribution >= 0.6 is 31.9 Å². The molecule has 0 amide bonds. The summed E-state index contributed by atoms with van der Waals surface area (Å²) in [7, 11) is 0. The van der Waals surface area contributed by atoms with Crippen LogP contribution in [0.5, 0.6) is 0 Å². The smallest absolute Gasteiger partial charge is 0.0129 e.